The Bertz CT molecular complexity index is 598. The van der Waals surface area contributed by atoms with Gasteiger partial charge in [0.15, 0.2) is 0 Å². The van der Waals surface area contributed by atoms with Gasteiger partial charge in [-0.3, -0.25) is 0 Å². The first-order valence-corrected chi connectivity index (χ1v) is 7.53. The second kappa shape index (κ2) is 7.81. The number of carbonyl (C=O) groups is 2. The average Bonchev–Trinajstić information content (AvgIpc) is 2.45. The minimum absolute atomic E-state index is 0.0589. The number of rotatable bonds is 4. The van der Waals surface area contributed by atoms with E-state index in [1.54, 1.807) is 33.2 Å². The van der Waals surface area contributed by atoms with E-state index in [4.69, 9.17) is 9.47 Å². The first kappa shape index (κ1) is 18.7. The van der Waals surface area contributed by atoms with Crippen molar-refractivity contribution in [2.75, 3.05) is 20.7 Å². The van der Waals surface area contributed by atoms with Crippen molar-refractivity contribution in [3.63, 3.8) is 0 Å². The standard InChI is InChI=1S/C18H25NO4/c1-7-22-16(20)11-8-13-12-14(18(2,3)4)9-10-15(13)23-17(21)19(5)6/h8-12H,7H2,1-6H3/b11-8+. The van der Waals surface area contributed by atoms with Gasteiger partial charge in [0.05, 0.1) is 6.61 Å². The molecule has 0 saturated heterocycles. The number of nitrogens with zero attached hydrogens (tertiary/aromatic N) is 1. The Morgan fingerprint density at radius 2 is 1.87 bits per heavy atom. The van der Waals surface area contributed by atoms with Gasteiger partial charge in [0.1, 0.15) is 5.75 Å². The topological polar surface area (TPSA) is 55.8 Å². The zero-order valence-electron chi connectivity index (χ0n) is 14.7. The van der Waals surface area contributed by atoms with Crippen LogP contribution in [-0.2, 0) is 14.9 Å². The van der Waals surface area contributed by atoms with E-state index in [0.717, 1.165) is 5.56 Å². The van der Waals surface area contributed by atoms with Crippen LogP contribution in [0, 0.1) is 0 Å². The highest BCUT2D eigenvalue weighted by Gasteiger charge is 2.17. The van der Waals surface area contributed by atoms with Gasteiger partial charge in [0.2, 0.25) is 0 Å². The third kappa shape index (κ3) is 5.77. The predicted molar refractivity (Wildman–Crippen MR) is 90.5 cm³/mol. The highest BCUT2D eigenvalue weighted by atomic mass is 16.6. The van der Waals surface area contributed by atoms with Gasteiger partial charge in [-0.2, -0.15) is 0 Å². The van der Waals surface area contributed by atoms with Crippen LogP contribution in [0.1, 0.15) is 38.8 Å². The summed E-state index contributed by atoms with van der Waals surface area (Å²) in [4.78, 5) is 24.6. The molecule has 1 aromatic carbocycles. The molecule has 1 amide bonds. The fourth-order valence-corrected chi connectivity index (χ4v) is 1.77. The zero-order valence-corrected chi connectivity index (χ0v) is 14.7. The summed E-state index contributed by atoms with van der Waals surface area (Å²) in [5, 5.41) is 0. The molecule has 1 aromatic rings. The van der Waals surface area contributed by atoms with E-state index in [1.165, 1.54) is 11.0 Å². The van der Waals surface area contributed by atoms with Crippen molar-refractivity contribution in [1.29, 1.82) is 0 Å². The van der Waals surface area contributed by atoms with Gasteiger partial charge >= 0.3 is 12.1 Å². The maximum Gasteiger partial charge on any atom is 0.414 e. The Kier molecular flexibility index (Phi) is 6.37. The van der Waals surface area contributed by atoms with E-state index in [2.05, 4.69) is 20.8 Å². The average molecular weight is 319 g/mol. The lowest BCUT2D eigenvalue weighted by Crippen LogP contribution is -2.25. The molecule has 0 radical (unpaired) electrons. The van der Waals surface area contributed by atoms with E-state index < -0.39 is 12.1 Å². The molecule has 0 bridgehead atoms. The van der Waals surface area contributed by atoms with Gasteiger partial charge in [-0.15, -0.1) is 0 Å². The van der Waals surface area contributed by atoms with E-state index in [9.17, 15) is 9.59 Å². The lowest BCUT2D eigenvalue weighted by molar-refractivity contribution is -0.137. The molecular formula is C18H25NO4. The largest absolute Gasteiger partial charge is 0.463 e. The number of benzene rings is 1. The van der Waals surface area contributed by atoms with Crippen molar-refractivity contribution < 1.29 is 19.1 Å². The molecule has 0 spiro atoms. The smallest absolute Gasteiger partial charge is 0.414 e. The van der Waals surface area contributed by atoms with Crippen molar-refractivity contribution in [2.45, 2.75) is 33.1 Å². The molecule has 0 aliphatic carbocycles. The highest BCUT2D eigenvalue weighted by molar-refractivity contribution is 5.88. The van der Waals surface area contributed by atoms with Crippen molar-refractivity contribution >= 4 is 18.1 Å². The molecule has 0 atom stereocenters. The Labute approximate surface area is 137 Å². The van der Waals surface area contributed by atoms with Crippen LogP contribution in [0.25, 0.3) is 6.08 Å². The summed E-state index contributed by atoms with van der Waals surface area (Å²) in [7, 11) is 3.22. The Morgan fingerprint density at radius 1 is 1.22 bits per heavy atom. The maximum absolute atomic E-state index is 11.8. The van der Waals surface area contributed by atoms with E-state index in [-0.39, 0.29) is 5.41 Å². The Morgan fingerprint density at radius 3 is 2.39 bits per heavy atom. The number of hydrogen-bond donors (Lipinski definition) is 0. The van der Waals surface area contributed by atoms with Crippen LogP contribution < -0.4 is 4.74 Å². The molecule has 0 heterocycles. The summed E-state index contributed by atoms with van der Waals surface area (Å²) in [5.41, 5.74) is 1.67. The highest BCUT2D eigenvalue weighted by Crippen LogP contribution is 2.29. The van der Waals surface area contributed by atoms with Gasteiger partial charge in [-0.05, 0) is 36.1 Å². The number of esters is 1. The zero-order chi connectivity index (χ0) is 17.6. The SMILES string of the molecule is CCOC(=O)/C=C/c1cc(C(C)(C)C)ccc1OC(=O)N(C)C. The van der Waals surface area contributed by atoms with Crippen LogP contribution in [0.2, 0.25) is 0 Å². The lowest BCUT2D eigenvalue weighted by atomic mass is 9.86. The summed E-state index contributed by atoms with van der Waals surface area (Å²) in [5.74, 6) is -0.0317. The van der Waals surface area contributed by atoms with Gasteiger partial charge < -0.3 is 14.4 Å². The minimum atomic E-state index is -0.473. The Hall–Kier alpha value is -2.30. The van der Waals surface area contributed by atoms with E-state index in [1.807, 2.05) is 12.1 Å². The summed E-state index contributed by atoms with van der Waals surface area (Å²) >= 11 is 0. The molecule has 0 aliphatic rings. The summed E-state index contributed by atoms with van der Waals surface area (Å²) in [6, 6.07) is 5.57. The number of hydrogen-bond acceptors (Lipinski definition) is 4. The summed E-state index contributed by atoms with van der Waals surface area (Å²) in [6.07, 6.45) is 2.46. The summed E-state index contributed by atoms with van der Waals surface area (Å²) < 4.78 is 10.2. The molecule has 0 aliphatic heterocycles. The van der Waals surface area contributed by atoms with Crippen LogP contribution in [0.4, 0.5) is 4.79 Å². The molecule has 5 nitrogen and oxygen atoms in total. The quantitative estimate of drug-likeness (QED) is 0.628. The van der Waals surface area contributed by atoms with Crippen LogP contribution in [0.5, 0.6) is 5.75 Å². The molecule has 0 unspecified atom stereocenters. The molecule has 0 aromatic heterocycles. The van der Waals surface area contributed by atoms with E-state index >= 15 is 0 Å². The fourth-order valence-electron chi connectivity index (χ4n) is 1.77. The van der Waals surface area contributed by atoms with Crippen LogP contribution >= 0.6 is 0 Å². The molecular weight excluding hydrogens is 294 g/mol. The molecule has 1 rings (SSSR count). The Balaban J connectivity index is 3.18. The number of carbonyl (C=O) groups excluding carboxylic acids is 2. The predicted octanol–water partition coefficient (Wildman–Crippen LogP) is 3.62. The third-order valence-electron chi connectivity index (χ3n) is 3.12. The summed E-state index contributed by atoms with van der Waals surface area (Å²) in [6.45, 7) is 8.33. The van der Waals surface area contributed by atoms with Crippen molar-refractivity contribution in [2.24, 2.45) is 0 Å². The second-order valence-corrected chi connectivity index (χ2v) is 6.35. The minimum Gasteiger partial charge on any atom is -0.463 e. The number of amides is 1. The van der Waals surface area contributed by atoms with Crippen molar-refractivity contribution in [1.82, 2.24) is 4.90 Å². The van der Waals surface area contributed by atoms with Crippen molar-refractivity contribution in [3.8, 4) is 5.75 Å². The van der Waals surface area contributed by atoms with E-state index in [0.29, 0.717) is 17.9 Å². The first-order valence-electron chi connectivity index (χ1n) is 7.53. The normalized spacial score (nSPS) is 11.4. The first-order chi connectivity index (χ1) is 10.6. The monoisotopic (exact) mass is 319 g/mol. The molecule has 0 saturated carbocycles. The van der Waals surface area contributed by atoms with Gasteiger partial charge in [-0.1, -0.05) is 26.8 Å². The fraction of sp³-hybridized carbons (Fsp3) is 0.444. The molecule has 23 heavy (non-hydrogen) atoms. The van der Waals surface area contributed by atoms with Gasteiger partial charge in [-0.25, -0.2) is 9.59 Å². The second-order valence-electron chi connectivity index (χ2n) is 6.35. The van der Waals surface area contributed by atoms with Gasteiger partial charge in [0, 0.05) is 25.7 Å². The number of ether oxygens (including phenoxy) is 2. The van der Waals surface area contributed by atoms with Gasteiger partial charge in [0.25, 0.3) is 0 Å². The van der Waals surface area contributed by atoms with Crippen LogP contribution in [0.3, 0.4) is 0 Å². The lowest BCUT2D eigenvalue weighted by Gasteiger charge is -2.21. The molecule has 5 heteroatoms. The molecule has 0 fully saturated rings. The van der Waals surface area contributed by atoms with Crippen LogP contribution in [-0.4, -0.2) is 37.7 Å². The molecule has 126 valence electrons. The van der Waals surface area contributed by atoms with Crippen molar-refractivity contribution in [3.05, 3.63) is 35.4 Å². The maximum atomic E-state index is 11.8. The molecule has 0 N–H and O–H groups in total. The van der Waals surface area contributed by atoms with Crippen LogP contribution in [0.15, 0.2) is 24.3 Å². The third-order valence-corrected chi connectivity index (χ3v) is 3.12.